The first kappa shape index (κ1) is 15.2. The number of rotatable bonds is 4. The van der Waals surface area contributed by atoms with Crippen LogP contribution < -0.4 is 11.1 Å². The molecule has 1 aliphatic rings. The van der Waals surface area contributed by atoms with Crippen LogP contribution in [0, 0.1) is 11.8 Å². The second-order valence-corrected chi connectivity index (χ2v) is 6.32. The highest BCUT2D eigenvalue weighted by molar-refractivity contribution is 6.34. The van der Waals surface area contributed by atoms with Gasteiger partial charge in [0, 0.05) is 12.2 Å². The Balaban J connectivity index is 1.77. The van der Waals surface area contributed by atoms with Gasteiger partial charge in [-0.3, -0.25) is 4.79 Å². The molecule has 0 saturated heterocycles. The van der Waals surface area contributed by atoms with Gasteiger partial charge < -0.3 is 11.1 Å². The maximum absolute atomic E-state index is 12.0. The Morgan fingerprint density at radius 1 is 1.35 bits per heavy atom. The monoisotopic (exact) mass is 294 g/mol. The number of halogens is 1. The summed E-state index contributed by atoms with van der Waals surface area (Å²) in [6.07, 6.45) is 6.29. The Hall–Kier alpha value is -1.22. The van der Waals surface area contributed by atoms with Gasteiger partial charge in [0.25, 0.3) is 5.91 Å². The average molecular weight is 295 g/mol. The van der Waals surface area contributed by atoms with Crippen molar-refractivity contribution in [2.45, 2.75) is 39.0 Å². The Labute approximate surface area is 125 Å². The Kier molecular flexibility index (Phi) is 5.30. The molecule has 3 nitrogen and oxygen atoms in total. The summed E-state index contributed by atoms with van der Waals surface area (Å²) in [5, 5.41) is 3.36. The van der Waals surface area contributed by atoms with Crippen molar-refractivity contribution in [2.75, 3.05) is 12.3 Å². The van der Waals surface area contributed by atoms with E-state index in [0.717, 1.165) is 24.8 Å². The number of amides is 1. The van der Waals surface area contributed by atoms with Gasteiger partial charge >= 0.3 is 0 Å². The van der Waals surface area contributed by atoms with Crippen molar-refractivity contribution in [1.29, 1.82) is 0 Å². The summed E-state index contributed by atoms with van der Waals surface area (Å²) in [6, 6.07) is 4.98. The lowest BCUT2D eigenvalue weighted by molar-refractivity contribution is 0.0950. The number of carbonyl (C=O) groups excluding carboxylic acids is 1. The molecule has 0 aromatic heterocycles. The van der Waals surface area contributed by atoms with Crippen LogP contribution >= 0.6 is 11.6 Å². The molecule has 0 spiro atoms. The van der Waals surface area contributed by atoms with Crippen molar-refractivity contribution in [3.8, 4) is 0 Å². The molecule has 1 fully saturated rings. The molecule has 1 aromatic carbocycles. The largest absolute Gasteiger partial charge is 0.399 e. The molecule has 0 bridgehead atoms. The van der Waals surface area contributed by atoms with Crippen LogP contribution in [0.4, 0.5) is 5.69 Å². The summed E-state index contributed by atoms with van der Waals surface area (Å²) in [7, 11) is 0. The molecule has 0 atom stereocenters. The van der Waals surface area contributed by atoms with Gasteiger partial charge in [-0.05, 0) is 36.5 Å². The summed E-state index contributed by atoms with van der Waals surface area (Å²) in [4.78, 5) is 12.0. The van der Waals surface area contributed by atoms with E-state index in [1.165, 1.54) is 25.7 Å². The smallest absolute Gasteiger partial charge is 0.252 e. The normalized spacial score (nSPS) is 22.5. The van der Waals surface area contributed by atoms with E-state index in [1.807, 2.05) is 0 Å². The molecule has 1 saturated carbocycles. The van der Waals surface area contributed by atoms with Gasteiger partial charge in [-0.15, -0.1) is 0 Å². The molecule has 2 rings (SSSR count). The van der Waals surface area contributed by atoms with Crippen LogP contribution in [0.25, 0.3) is 0 Å². The van der Waals surface area contributed by atoms with Gasteiger partial charge in [0.1, 0.15) is 0 Å². The van der Waals surface area contributed by atoms with Crippen LogP contribution in [0.5, 0.6) is 0 Å². The molecule has 20 heavy (non-hydrogen) atoms. The molecular weight excluding hydrogens is 272 g/mol. The summed E-state index contributed by atoms with van der Waals surface area (Å²) >= 11 is 6.03. The lowest BCUT2D eigenvalue weighted by Gasteiger charge is -2.26. The number of hydrogen-bond acceptors (Lipinski definition) is 2. The van der Waals surface area contributed by atoms with Gasteiger partial charge in [0.05, 0.1) is 10.6 Å². The van der Waals surface area contributed by atoms with Crippen LogP contribution in [0.2, 0.25) is 5.02 Å². The topological polar surface area (TPSA) is 55.1 Å². The lowest BCUT2D eigenvalue weighted by atomic mass is 9.81. The van der Waals surface area contributed by atoms with Crippen molar-refractivity contribution >= 4 is 23.2 Å². The zero-order chi connectivity index (χ0) is 14.5. The first-order valence-electron chi connectivity index (χ1n) is 7.39. The molecule has 3 N–H and O–H groups in total. The summed E-state index contributed by atoms with van der Waals surface area (Å²) in [6.45, 7) is 3.04. The quantitative estimate of drug-likeness (QED) is 0.828. The van der Waals surface area contributed by atoms with Crippen LogP contribution in [-0.2, 0) is 0 Å². The fourth-order valence-corrected chi connectivity index (χ4v) is 3.09. The number of benzene rings is 1. The third-order valence-electron chi connectivity index (χ3n) is 4.21. The number of carbonyl (C=O) groups is 1. The molecule has 110 valence electrons. The van der Waals surface area contributed by atoms with E-state index in [2.05, 4.69) is 12.2 Å². The summed E-state index contributed by atoms with van der Waals surface area (Å²) in [5.74, 6) is 1.52. The number of nitrogen functional groups attached to an aromatic ring is 1. The number of hydrogen-bond donors (Lipinski definition) is 2. The molecular formula is C16H23ClN2O. The second-order valence-electron chi connectivity index (χ2n) is 5.91. The van der Waals surface area contributed by atoms with Gasteiger partial charge in [0.2, 0.25) is 0 Å². The lowest BCUT2D eigenvalue weighted by Crippen LogP contribution is -2.27. The Bertz CT molecular complexity index is 468. The zero-order valence-electron chi connectivity index (χ0n) is 12.0. The van der Waals surface area contributed by atoms with E-state index >= 15 is 0 Å². The van der Waals surface area contributed by atoms with Crippen LogP contribution in [-0.4, -0.2) is 12.5 Å². The maximum atomic E-state index is 12.0. The van der Waals surface area contributed by atoms with Crippen LogP contribution in [0.3, 0.4) is 0 Å². The minimum absolute atomic E-state index is 0.112. The number of nitrogens with one attached hydrogen (secondary N) is 1. The minimum Gasteiger partial charge on any atom is -0.399 e. The van der Waals surface area contributed by atoms with Crippen molar-refractivity contribution in [3.05, 3.63) is 28.8 Å². The third-order valence-corrected chi connectivity index (χ3v) is 4.52. The molecule has 0 aliphatic heterocycles. The van der Waals surface area contributed by atoms with Gasteiger partial charge in [-0.2, -0.15) is 0 Å². The van der Waals surface area contributed by atoms with E-state index in [0.29, 0.717) is 16.3 Å². The molecule has 1 aromatic rings. The third kappa shape index (κ3) is 4.14. The SMILES string of the molecule is CC1CCC(CCNC(=O)c2ccc(N)cc2Cl)CC1. The van der Waals surface area contributed by atoms with Crippen molar-refractivity contribution in [2.24, 2.45) is 11.8 Å². The minimum atomic E-state index is -0.112. The fraction of sp³-hybridized carbons (Fsp3) is 0.562. The predicted octanol–water partition coefficient (Wildman–Crippen LogP) is 3.87. The van der Waals surface area contributed by atoms with Crippen LogP contribution in [0.15, 0.2) is 18.2 Å². The zero-order valence-corrected chi connectivity index (χ0v) is 12.7. The molecule has 4 heteroatoms. The molecule has 1 aliphatic carbocycles. The molecule has 0 unspecified atom stereocenters. The van der Waals surface area contributed by atoms with E-state index in [-0.39, 0.29) is 5.91 Å². The summed E-state index contributed by atoms with van der Waals surface area (Å²) in [5.41, 5.74) is 6.69. The highest BCUT2D eigenvalue weighted by Gasteiger charge is 2.18. The highest BCUT2D eigenvalue weighted by atomic mass is 35.5. The van der Waals surface area contributed by atoms with E-state index in [9.17, 15) is 4.79 Å². The first-order chi connectivity index (χ1) is 9.56. The van der Waals surface area contributed by atoms with Crippen molar-refractivity contribution in [1.82, 2.24) is 5.32 Å². The van der Waals surface area contributed by atoms with E-state index < -0.39 is 0 Å². The standard InChI is InChI=1S/C16H23ClN2O/c1-11-2-4-12(5-3-11)8-9-19-16(20)14-7-6-13(18)10-15(14)17/h6-7,10-12H,2-5,8-9,18H2,1H3,(H,19,20). The van der Waals surface area contributed by atoms with Crippen LogP contribution in [0.1, 0.15) is 49.4 Å². The van der Waals surface area contributed by atoms with E-state index in [1.54, 1.807) is 18.2 Å². The first-order valence-corrected chi connectivity index (χ1v) is 7.77. The fourth-order valence-electron chi connectivity index (χ4n) is 2.82. The number of nitrogens with two attached hydrogens (primary N) is 1. The molecule has 1 amide bonds. The number of anilines is 1. The highest BCUT2D eigenvalue weighted by Crippen LogP contribution is 2.30. The molecule has 0 heterocycles. The predicted molar refractivity (Wildman–Crippen MR) is 83.9 cm³/mol. The average Bonchev–Trinajstić information content (AvgIpc) is 2.41. The van der Waals surface area contributed by atoms with Gasteiger partial charge in [-0.25, -0.2) is 0 Å². The Morgan fingerprint density at radius 2 is 2.05 bits per heavy atom. The van der Waals surface area contributed by atoms with E-state index in [4.69, 9.17) is 17.3 Å². The maximum Gasteiger partial charge on any atom is 0.252 e. The Morgan fingerprint density at radius 3 is 2.70 bits per heavy atom. The van der Waals surface area contributed by atoms with Crippen molar-refractivity contribution < 1.29 is 4.79 Å². The van der Waals surface area contributed by atoms with Gasteiger partial charge in [-0.1, -0.05) is 44.2 Å². The molecule has 0 radical (unpaired) electrons. The summed E-state index contributed by atoms with van der Waals surface area (Å²) < 4.78 is 0. The van der Waals surface area contributed by atoms with Gasteiger partial charge in [0.15, 0.2) is 0 Å². The second kappa shape index (κ2) is 6.98. The van der Waals surface area contributed by atoms with Crippen molar-refractivity contribution in [3.63, 3.8) is 0 Å².